The molecule has 1 N–H and O–H groups in total. The smallest absolute Gasteiger partial charge is 0.127 e. The van der Waals surface area contributed by atoms with Crippen LogP contribution in [0.3, 0.4) is 0 Å². The van der Waals surface area contributed by atoms with Crippen LogP contribution in [0.25, 0.3) is 0 Å². The lowest BCUT2D eigenvalue weighted by atomic mass is 10.1. The van der Waals surface area contributed by atoms with E-state index in [0.717, 1.165) is 0 Å². The molecule has 0 heterocycles. The van der Waals surface area contributed by atoms with Crippen molar-refractivity contribution in [3.05, 3.63) is 34.6 Å². The summed E-state index contributed by atoms with van der Waals surface area (Å²) in [7, 11) is 0. The molecule has 1 nitrogen and oxygen atoms in total. The van der Waals surface area contributed by atoms with Gasteiger partial charge in [0.15, 0.2) is 0 Å². The van der Waals surface area contributed by atoms with Crippen molar-refractivity contribution in [2.24, 2.45) is 5.92 Å². The molecule has 2 rings (SSSR count). The number of halogens is 2. The van der Waals surface area contributed by atoms with Crippen molar-refractivity contribution in [3.8, 4) is 0 Å². The molecule has 0 aliphatic heterocycles. The molecular formula is C13H17ClFN. The van der Waals surface area contributed by atoms with Gasteiger partial charge in [0.05, 0.1) is 0 Å². The summed E-state index contributed by atoms with van der Waals surface area (Å²) in [5.41, 5.74) is 0.659. The molecule has 0 spiro atoms. The fraction of sp³-hybridized carbons (Fsp3) is 0.538. The van der Waals surface area contributed by atoms with Gasteiger partial charge in [-0.05, 0) is 37.0 Å². The Morgan fingerprint density at radius 3 is 2.94 bits per heavy atom. The first-order valence-corrected chi connectivity index (χ1v) is 6.22. The van der Waals surface area contributed by atoms with Gasteiger partial charge < -0.3 is 5.32 Å². The summed E-state index contributed by atoms with van der Waals surface area (Å²) < 4.78 is 13.4. The van der Waals surface area contributed by atoms with Crippen molar-refractivity contribution in [2.45, 2.75) is 38.8 Å². The first-order chi connectivity index (χ1) is 7.66. The van der Waals surface area contributed by atoms with Crippen LogP contribution < -0.4 is 5.32 Å². The van der Waals surface area contributed by atoms with Crippen molar-refractivity contribution in [1.29, 1.82) is 0 Å². The van der Waals surface area contributed by atoms with Gasteiger partial charge in [-0.2, -0.15) is 0 Å². The monoisotopic (exact) mass is 241 g/mol. The fourth-order valence-electron chi connectivity index (χ4n) is 2.37. The molecule has 0 bridgehead atoms. The van der Waals surface area contributed by atoms with E-state index in [1.807, 2.05) is 0 Å². The molecule has 1 aliphatic carbocycles. The van der Waals surface area contributed by atoms with Crippen LogP contribution in [0.1, 0.15) is 31.7 Å². The van der Waals surface area contributed by atoms with Crippen molar-refractivity contribution in [3.63, 3.8) is 0 Å². The van der Waals surface area contributed by atoms with Gasteiger partial charge in [-0.1, -0.05) is 24.9 Å². The van der Waals surface area contributed by atoms with E-state index in [1.165, 1.54) is 25.3 Å². The molecule has 2 unspecified atom stereocenters. The number of rotatable bonds is 3. The summed E-state index contributed by atoms with van der Waals surface area (Å²) >= 11 is 5.85. The highest BCUT2D eigenvalue weighted by molar-refractivity contribution is 6.30. The lowest BCUT2D eigenvalue weighted by molar-refractivity contribution is 0.421. The lowest BCUT2D eigenvalue weighted by Gasteiger charge is -2.17. The molecule has 1 aromatic rings. The molecule has 2 atom stereocenters. The SMILES string of the molecule is CC1CCCC1NCc1cc(Cl)ccc1F. The molecular weight excluding hydrogens is 225 g/mol. The van der Waals surface area contributed by atoms with Gasteiger partial charge in [-0.15, -0.1) is 0 Å². The third-order valence-electron chi connectivity index (χ3n) is 3.42. The zero-order valence-electron chi connectivity index (χ0n) is 9.47. The third-order valence-corrected chi connectivity index (χ3v) is 3.66. The number of hydrogen-bond donors (Lipinski definition) is 1. The Morgan fingerprint density at radius 2 is 2.25 bits per heavy atom. The normalized spacial score (nSPS) is 24.9. The van der Waals surface area contributed by atoms with Crippen LogP contribution in [0, 0.1) is 11.7 Å². The van der Waals surface area contributed by atoms with Crippen LogP contribution in [-0.4, -0.2) is 6.04 Å². The van der Waals surface area contributed by atoms with Crippen LogP contribution in [0.4, 0.5) is 4.39 Å². The van der Waals surface area contributed by atoms with E-state index < -0.39 is 0 Å². The van der Waals surface area contributed by atoms with Crippen molar-refractivity contribution >= 4 is 11.6 Å². The van der Waals surface area contributed by atoms with Gasteiger partial charge in [-0.3, -0.25) is 0 Å². The largest absolute Gasteiger partial charge is 0.310 e. The van der Waals surface area contributed by atoms with Crippen LogP contribution in [0.15, 0.2) is 18.2 Å². The molecule has 0 aromatic heterocycles. The molecule has 0 amide bonds. The second-order valence-electron chi connectivity index (χ2n) is 4.63. The van der Waals surface area contributed by atoms with Gasteiger partial charge in [-0.25, -0.2) is 4.39 Å². The Bertz CT molecular complexity index is 367. The van der Waals surface area contributed by atoms with E-state index in [4.69, 9.17) is 11.6 Å². The standard InChI is InChI=1S/C13H17ClFN/c1-9-3-2-4-13(9)16-8-10-7-11(14)5-6-12(10)15/h5-7,9,13,16H,2-4,8H2,1H3. The predicted octanol–water partition coefficient (Wildman–Crippen LogP) is 3.76. The summed E-state index contributed by atoms with van der Waals surface area (Å²) in [6.45, 7) is 2.82. The minimum atomic E-state index is -0.178. The lowest BCUT2D eigenvalue weighted by Crippen LogP contribution is -2.30. The Morgan fingerprint density at radius 1 is 1.44 bits per heavy atom. The van der Waals surface area contributed by atoms with Crippen LogP contribution >= 0.6 is 11.6 Å². The van der Waals surface area contributed by atoms with Crippen LogP contribution in [-0.2, 0) is 6.54 Å². The summed E-state index contributed by atoms with van der Waals surface area (Å²) in [5.74, 6) is 0.518. The van der Waals surface area contributed by atoms with E-state index in [2.05, 4.69) is 12.2 Å². The molecule has 0 saturated heterocycles. The number of nitrogens with one attached hydrogen (secondary N) is 1. The maximum atomic E-state index is 13.4. The molecule has 1 saturated carbocycles. The van der Waals surface area contributed by atoms with Gasteiger partial charge in [0.25, 0.3) is 0 Å². The fourth-order valence-corrected chi connectivity index (χ4v) is 2.56. The maximum absolute atomic E-state index is 13.4. The van der Waals surface area contributed by atoms with Crippen LogP contribution in [0.2, 0.25) is 5.02 Å². The Balaban J connectivity index is 1.96. The minimum absolute atomic E-state index is 0.178. The second-order valence-corrected chi connectivity index (χ2v) is 5.07. The van der Waals surface area contributed by atoms with E-state index >= 15 is 0 Å². The average molecular weight is 242 g/mol. The highest BCUT2D eigenvalue weighted by Gasteiger charge is 2.22. The molecule has 1 aromatic carbocycles. The maximum Gasteiger partial charge on any atom is 0.127 e. The zero-order chi connectivity index (χ0) is 11.5. The third kappa shape index (κ3) is 2.74. The highest BCUT2D eigenvalue weighted by Crippen LogP contribution is 2.25. The van der Waals surface area contributed by atoms with Gasteiger partial charge in [0, 0.05) is 23.2 Å². The summed E-state index contributed by atoms with van der Waals surface area (Å²) in [6, 6.07) is 5.23. The first kappa shape index (κ1) is 11.9. The zero-order valence-corrected chi connectivity index (χ0v) is 10.2. The molecule has 3 heteroatoms. The van der Waals surface area contributed by atoms with E-state index in [1.54, 1.807) is 12.1 Å². The Hall–Kier alpha value is -0.600. The van der Waals surface area contributed by atoms with Gasteiger partial charge in [0.1, 0.15) is 5.82 Å². The quantitative estimate of drug-likeness (QED) is 0.850. The van der Waals surface area contributed by atoms with Crippen molar-refractivity contribution in [1.82, 2.24) is 5.32 Å². The van der Waals surface area contributed by atoms with Crippen molar-refractivity contribution < 1.29 is 4.39 Å². The molecule has 1 aliphatic rings. The molecule has 0 radical (unpaired) electrons. The highest BCUT2D eigenvalue weighted by atomic mass is 35.5. The van der Waals surface area contributed by atoms with E-state index in [9.17, 15) is 4.39 Å². The number of benzene rings is 1. The van der Waals surface area contributed by atoms with Gasteiger partial charge in [0.2, 0.25) is 0 Å². The minimum Gasteiger partial charge on any atom is -0.310 e. The Kier molecular flexibility index (Phi) is 3.82. The molecule has 16 heavy (non-hydrogen) atoms. The summed E-state index contributed by atoms with van der Waals surface area (Å²) in [4.78, 5) is 0. The van der Waals surface area contributed by atoms with Crippen LogP contribution in [0.5, 0.6) is 0 Å². The molecule has 88 valence electrons. The van der Waals surface area contributed by atoms with Crippen molar-refractivity contribution in [2.75, 3.05) is 0 Å². The van der Waals surface area contributed by atoms with Gasteiger partial charge >= 0.3 is 0 Å². The molecule has 1 fully saturated rings. The predicted molar refractivity (Wildman–Crippen MR) is 65.1 cm³/mol. The summed E-state index contributed by atoms with van der Waals surface area (Å²) in [6.07, 6.45) is 3.75. The topological polar surface area (TPSA) is 12.0 Å². The van der Waals surface area contributed by atoms with E-state index in [-0.39, 0.29) is 5.82 Å². The first-order valence-electron chi connectivity index (χ1n) is 5.84. The Labute approximate surface area is 101 Å². The number of hydrogen-bond acceptors (Lipinski definition) is 1. The average Bonchev–Trinajstić information content (AvgIpc) is 2.66. The summed E-state index contributed by atoms with van der Waals surface area (Å²) in [5, 5.41) is 4.01. The van der Waals surface area contributed by atoms with E-state index in [0.29, 0.717) is 29.1 Å². The second kappa shape index (κ2) is 5.15.